The summed E-state index contributed by atoms with van der Waals surface area (Å²) in [5.41, 5.74) is 3.06. The van der Waals surface area contributed by atoms with E-state index in [9.17, 15) is 13.2 Å². The lowest BCUT2D eigenvalue weighted by Crippen LogP contribution is -2.45. The van der Waals surface area contributed by atoms with Crippen LogP contribution in [0.4, 0.5) is 11.4 Å². The summed E-state index contributed by atoms with van der Waals surface area (Å²) in [5.74, 6) is -0.415. The van der Waals surface area contributed by atoms with Crippen molar-refractivity contribution in [2.45, 2.75) is 24.4 Å². The molecule has 1 amide bonds. The fourth-order valence-electron chi connectivity index (χ4n) is 3.97. The Labute approximate surface area is 201 Å². The molecule has 178 valence electrons. The average Bonchev–Trinajstić information content (AvgIpc) is 2.86. The minimum Gasteiger partial charge on any atom is -0.369 e. The Morgan fingerprint density at radius 3 is 2.06 bits per heavy atom. The van der Waals surface area contributed by atoms with Gasteiger partial charge in [-0.2, -0.15) is 4.72 Å². The van der Waals surface area contributed by atoms with Crippen molar-refractivity contribution in [1.29, 1.82) is 0 Å². The van der Waals surface area contributed by atoms with E-state index in [0.717, 1.165) is 38.4 Å². The number of hydrogen-bond donors (Lipinski definition) is 2. The zero-order valence-electron chi connectivity index (χ0n) is 19.2. The van der Waals surface area contributed by atoms with Gasteiger partial charge in [0, 0.05) is 44.1 Å². The molecular weight excluding hydrogens is 448 g/mol. The number of carbonyl (C=O) groups is 1. The van der Waals surface area contributed by atoms with E-state index in [0.29, 0.717) is 5.69 Å². The lowest BCUT2D eigenvalue weighted by Gasteiger charge is -2.36. The van der Waals surface area contributed by atoms with E-state index in [1.165, 1.54) is 24.6 Å². The van der Waals surface area contributed by atoms with Crippen molar-refractivity contribution < 1.29 is 13.2 Å². The van der Waals surface area contributed by atoms with Crippen molar-refractivity contribution in [3.05, 3.63) is 90.5 Å². The van der Waals surface area contributed by atoms with Gasteiger partial charge in [-0.3, -0.25) is 9.69 Å². The number of piperazine rings is 1. The van der Waals surface area contributed by atoms with E-state index in [2.05, 4.69) is 44.1 Å². The van der Waals surface area contributed by atoms with Crippen LogP contribution in [0.25, 0.3) is 0 Å². The van der Waals surface area contributed by atoms with Gasteiger partial charge in [0.25, 0.3) is 0 Å². The van der Waals surface area contributed by atoms with Crippen LogP contribution in [-0.2, 0) is 21.4 Å². The number of nitrogens with zero attached hydrogens (tertiary/aromatic N) is 2. The summed E-state index contributed by atoms with van der Waals surface area (Å²) in [6, 6.07) is 25.3. The topological polar surface area (TPSA) is 81.7 Å². The van der Waals surface area contributed by atoms with Crippen molar-refractivity contribution in [2.24, 2.45) is 0 Å². The van der Waals surface area contributed by atoms with Crippen molar-refractivity contribution in [3.8, 4) is 0 Å². The maximum atomic E-state index is 12.5. The summed E-state index contributed by atoms with van der Waals surface area (Å²) >= 11 is 0. The van der Waals surface area contributed by atoms with Crippen LogP contribution in [0.1, 0.15) is 12.5 Å². The maximum Gasteiger partial charge on any atom is 0.242 e. The molecule has 0 bridgehead atoms. The van der Waals surface area contributed by atoms with E-state index in [1.807, 2.05) is 30.3 Å². The molecule has 1 heterocycles. The molecule has 0 radical (unpaired) electrons. The van der Waals surface area contributed by atoms with E-state index in [-0.39, 0.29) is 4.90 Å². The monoisotopic (exact) mass is 478 g/mol. The second-order valence-corrected chi connectivity index (χ2v) is 10.2. The van der Waals surface area contributed by atoms with Gasteiger partial charge in [-0.05, 0) is 48.9 Å². The van der Waals surface area contributed by atoms with Crippen LogP contribution in [0.3, 0.4) is 0 Å². The van der Waals surface area contributed by atoms with Crippen LogP contribution in [0, 0.1) is 0 Å². The fraction of sp³-hybridized carbons (Fsp3) is 0.269. The number of nitrogens with one attached hydrogen (secondary N) is 2. The molecule has 7 nitrogen and oxygen atoms in total. The zero-order chi connectivity index (χ0) is 24.0. The predicted molar refractivity (Wildman–Crippen MR) is 135 cm³/mol. The Morgan fingerprint density at radius 1 is 0.853 bits per heavy atom. The second kappa shape index (κ2) is 10.8. The van der Waals surface area contributed by atoms with Crippen LogP contribution < -0.4 is 14.9 Å². The van der Waals surface area contributed by atoms with Gasteiger partial charge in [0.05, 0.1) is 10.9 Å². The Bertz CT molecular complexity index is 1180. The van der Waals surface area contributed by atoms with Crippen LogP contribution in [-0.4, -0.2) is 51.4 Å². The summed E-state index contributed by atoms with van der Waals surface area (Å²) in [6.07, 6.45) is 0. The van der Waals surface area contributed by atoms with Gasteiger partial charge in [0.1, 0.15) is 0 Å². The standard InChI is InChI=1S/C26H30N4O3S/c1-21(28-34(32,33)25-10-6-3-7-11-25)26(31)27-23-12-14-24(15-13-23)30-18-16-29(17-19-30)20-22-8-4-2-5-9-22/h2-15,21,28H,16-20H2,1H3,(H,27,31)/t21-/m0/s1. The number of hydrogen-bond acceptors (Lipinski definition) is 5. The van der Waals surface area contributed by atoms with E-state index >= 15 is 0 Å². The van der Waals surface area contributed by atoms with Gasteiger partial charge in [0.2, 0.25) is 15.9 Å². The van der Waals surface area contributed by atoms with Crippen molar-refractivity contribution >= 4 is 27.3 Å². The van der Waals surface area contributed by atoms with Gasteiger partial charge in [-0.1, -0.05) is 48.5 Å². The molecule has 1 fully saturated rings. The van der Waals surface area contributed by atoms with Crippen LogP contribution in [0.5, 0.6) is 0 Å². The molecule has 0 saturated carbocycles. The Kier molecular flexibility index (Phi) is 7.62. The van der Waals surface area contributed by atoms with E-state index < -0.39 is 22.0 Å². The average molecular weight is 479 g/mol. The normalized spacial score (nSPS) is 15.6. The molecule has 8 heteroatoms. The number of benzene rings is 3. The predicted octanol–water partition coefficient (Wildman–Crippen LogP) is 3.31. The molecule has 2 N–H and O–H groups in total. The Hall–Kier alpha value is -3.20. The lowest BCUT2D eigenvalue weighted by molar-refractivity contribution is -0.117. The number of rotatable bonds is 8. The van der Waals surface area contributed by atoms with Crippen molar-refractivity contribution in [3.63, 3.8) is 0 Å². The highest BCUT2D eigenvalue weighted by Crippen LogP contribution is 2.20. The highest BCUT2D eigenvalue weighted by Gasteiger charge is 2.22. The molecule has 3 aromatic rings. The number of anilines is 2. The summed E-state index contributed by atoms with van der Waals surface area (Å²) in [6.45, 7) is 6.36. The minimum absolute atomic E-state index is 0.128. The maximum absolute atomic E-state index is 12.5. The van der Waals surface area contributed by atoms with Crippen LogP contribution in [0.2, 0.25) is 0 Å². The highest BCUT2D eigenvalue weighted by atomic mass is 32.2. The fourth-order valence-corrected chi connectivity index (χ4v) is 5.19. The van der Waals surface area contributed by atoms with Gasteiger partial charge < -0.3 is 10.2 Å². The van der Waals surface area contributed by atoms with Crippen molar-refractivity contribution in [1.82, 2.24) is 9.62 Å². The molecule has 4 rings (SSSR count). The third-order valence-corrected chi connectivity index (χ3v) is 7.46. The molecule has 1 aliphatic rings. The van der Waals surface area contributed by atoms with Crippen LogP contribution >= 0.6 is 0 Å². The largest absolute Gasteiger partial charge is 0.369 e. The van der Waals surface area contributed by atoms with Gasteiger partial charge in [-0.15, -0.1) is 0 Å². The number of sulfonamides is 1. The highest BCUT2D eigenvalue weighted by molar-refractivity contribution is 7.89. The lowest BCUT2D eigenvalue weighted by atomic mass is 10.2. The molecule has 1 atom stereocenters. The summed E-state index contributed by atoms with van der Waals surface area (Å²) in [5, 5.41) is 2.79. The van der Waals surface area contributed by atoms with E-state index in [4.69, 9.17) is 0 Å². The van der Waals surface area contributed by atoms with Crippen LogP contribution in [0.15, 0.2) is 89.8 Å². The summed E-state index contributed by atoms with van der Waals surface area (Å²) in [7, 11) is -3.76. The third kappa shape index (κ3) is 6.22. The third-order valence-electron chi connectivity index (χ3n) is 5.90. The smallest absolute Gasteiger partial charge is 0.242 e. The first kappa shape index (κ1) is 23.9. The van der Waals surface area contributed by atoms with Crippen molar-refractivity contribution in [2.75, 3.05) is 36.4 Å². The molecule has 0 aromatic heterocycles. The minimum atomic E-state index is -3.76. The molecule has 34 heavy (non-hydrogen) atoms. The molecule has 3 aromatic carbocycles. The number of carbonyl (C=O) groups excluding carboxylic acids is 1. The molecule has 0 aliphatic carbocycles. The molecule has 0 spiro atoms. The first-order valence-electron chi connectivity index (χ1n) is 11.4. The van der Waals surface area contributed by atoms with Gasteiger partial charge in [0.15, 0.2) is 0 Å². The number of amides is 1. The first-order valence-corrected chi connectivity index (χ1v) is 12.9. The van der Waals surface area contributed by atoms with Gasteiger partial charge in [-0.25, -0.2) is 8.42 Å². The molecule has 0 unspecified atom stereocenters. The molecular formula is C26H30N4O3S. The summed E-state index contributed by atoms with van der Waals surface area (Å²) in [4.78, 5) is 17.5. The molecule has 1 aliphatic heterocycles. The van der Waals surface area contributed by atoms with Gasteiger partial charge >= 0.3 is 0 Å². The zero-order valence-corrected chi connectivity index (χ0v) is 20.0. The first-order chi connectivity index (χ1) is 16.4. The SMILES string of the molecule is C[C@H](NS(=O)(=O)c1ccccc1)C(=O)Nc1ccc(N2CCN(Cc3ccccc3)CC2)cc1. The Balaban J connectivity index is 1.28. The quantitative estimate of drug-likeness (QED) is 0.519. The molecule has 1 saturated heterocycles. The summed E-state index contributed by atoms with van der Waals surface area (Å²) < 4.78 is 27.3. The Morgan fingerprint density at radius 2 is 1.44 bits per heavy atom. The van der Waals surface area contributed by atoms with E-state index in [1.54, 1.807) is 18.2 Å². The second-order valence-electron chi connectivity index (χ2n) is 8.44.